The van der Waals surface area contributed by atoms with Crippen LogP contribution in [0.3, 0.4) is 0 Å². The third-order valence-corrected chi connectivity index (χ3v) is 6.81. The van der Waals surface area contributed by atoms with Gasteiger partial charge in [0.15, 0.2) is 0 Å². The number of nitrogens with zero attached hydrogens (tertiary/aromatic N) is 2. The first-order valence-corrected chi connectivity index (χ1v) is 12.8. The Morgan fingerprint density at radius 2 is 1.76 bits per heavy atom. The molecule has 1 fully saturated rings. The van der Waals surface area contributed by atoms with Crippen LogP contribution in [0.15, 0.2) is 53.5 Å². The Kier molecular flexibility index (Phi) is 8.79. The number of benzene rings is 2. The molecule has 1 aromatic heterocycles. The smallest absolute Gasteiger partial charge is 0.261 e. The van der Waals surface area contributed by atoms with Gasteiger partial charge in [0.05, 0.1) is 18.0 Å². The maximum atomic E-state index is 13.3. The minimum atomic E-state index is -0.464. The summed E-state index contributed by atoms with van der Waals surface area (Å²) in [6.07, 6.45) is 7.60. The van der Waals surface area contributed by atoms with E-state index >= 15 is 0 Å². The van der Waals surface area contributed by atoms with Gasteiger partial charge in [-0.05, 0) is 74.6 Å². The fraction of sp³-hybridized carbons (Fsp3) is 0.393. The summed E-state index contributed by atoms with van der Waals surface area (Å²) in [6, 6.07) is 13.0. The van der Waals surface area contributed by atoms with Gasteiger partial charge in [-0.3, -0.25) is 19.6 Å². The Bertz CT molecular complexity index is 1300. The molecule has 0 radical (unpaired) electrons. The van der Waals surface area contributed by atoms with Gasteiger partial charge in [0.25, 0.3) is 5.91 Å². The second kappa shape index (κ2) is 12.4. The molecule has 1 aliphatic heterocycles. The number of piperidine rings is 1. The van der Waals surface area contributed by atoms with Crippen LogP contribution in [0.1, 0.15) is 55.3 Å². The Morgan fingerprint density at radius 3 is 2.46 bits per heavy atom. The van der Waals surface area contributed by atoms with Crippen molar-refractivity contribution in [3.63, 3.8) is 0 Å². The van der Waals surface area contributed by atoms with Crippen molar-refractivity contribution in [3.8, 4) is 5.75 Å². The largest absolute Gasteiger partial charge is 0.497 e. The van der Waals surface area contributed by atoms with Crippen molar-refractivity contribution in [3.05, 3.63) is 64.4 Å². The van der Waals surface area contributed by atoms with Crippen LogP contribution >= 0.6 is 0 Å². The summed E-state index contributed by atoms with van der Waals surface area (Å²) in [7, 11) is 1.53. The van der Waals surface area contributed by atoms with Crippen LogP contribution in [0.25, 0.3) is 10.9 Å². The van der Waals surface area contributed by atoms with E-state index in [1.807, 2.05) is 34.9 Å². The molecular weight excluding hydrogens is 472 g/mol. The molecule has 0 bridgehead atoms. The average Bonchev–Trinajstić information content (AvgIpc) is 2.94. The Balaban J connectivity index is 1.54. The van der Waals surface area contributed by atoms with Gasteiger partial charge in [-0.15, -0.1) is 0 Å². The van der Waals surface area contributed by atoms with Gasteiger partial charge < -0.3 is 19.5 Å². The Hall–Kier alpha value is -3.85. The lowest BCUT2D eigenvalue weighted by atomic mass is 10.1. The number of aryl methyl sites for hydroxylation is 1. The first kappa shape index (κ1) is 26.2. The fourth-order valence-electron chi connectivity index (χ4n) is 4.76. The van der Waals surface area contributed by atoms with Gasteiger partial charge in [0.1, 0.15) is 11.3 Å². The van der Waals surface area contributed by atoms with E-state index in [9.17, 15) is 14.4 Å². The molecule has 0 unspecified atom stereocenters. The van der Waals surface area contributed by atoms with Crippen LogP contribution in [0.5, 0.6) is 5.75 Å². The van der Waals surface area contributed by atoms with Crippen molar-refractivity contribution in [2.24, 2.45) is 0 Å². The van der Waals surface area contributed by atoms with E-state index in [1.165, 1.54) is 26.4 Å². The molecule has 196 valence electrons. The highest BCUT2D eigenvalue weighted by Crippen LogP contribution is 2.23. The highest BCUT2D eigenvalue weighted by Gasteiger charge is 2.17. The summed E-state index contributed by atoms with van der Waals surface area (Å²) in [5, 5.41) is 11.9. The number of hydroxylamine groups is 1. The lowest BCUT2D eigenvalue weighted by Crippen LogP contribution is -2.29. The van der Waals surface area contributed by atoms with Crippen molar-refractivity contribution in [1.82, 2.24) is 10.0 Å². The molecule has 0 atom stereocenters. The Labute approximate surface area is 216 Å². The predicted octanol–water partition coefficient (Wildman–Crippen LogP) is 4.32. The van der Waals surface area contributed by atoms with Gasteiger partial charge >= 0.3 is 0 Å². The average molecular weight is 507 g/mol. The van der Waals surface area contributed by atoms with Crippen LogP contribution in [-0.4, -0.2) is 41.8 Å². The number of aromatic nitrogens is 1. The number of hydrogen-bond donors (Lipinski definition) is 3. The van der Waals surface area contributed by atoms with Gasteiger partial charge in [-0.25, -0.2) is 5.48 Å². The van der Waals surface area contributed by atoms with E-state index in [0.717, 1.165) is 31.6 Å². The third kappa shape index (κ3) is 6.48. The van der Waals surface area contributed by atoms with E-state index in [2.05, 4.69) is 10.2 Å². The fourth-order valence-corrected chi connectivity index (χ4v) is 4.76. The molecule has 37 heavy (non-hydrogen) atoms. The minimum absolute atomic E-state index is 0.0560. The summed E-state index contributed by atoms with van der Waals surface area (Å²) < 4.78 is 7.21. The number of rotatable bonds is 10. The van der Waals surface area contributed by atoms with E-state index in [-0.39, 0.29) is 17.4 Å². The van der Waals surface area contributed by atoms with Crippen LogP contribution < -0.4 is 25.9 Å². The van der Waals surface area contributed by atoms with Crippen molar-refractivity contribution in [2.45, 2.75) is 51.5 Å². The number of amides is 2. The molecular formula is C28H34N4O5. The number of anilines is 2. The highest BCUT2D eigenvalue weighted by molar-refractivity contribution is 6.05. The quantitative estimate of drug-likeness (QED) is 0.214. The van der Waals surface area contributed by atoms with E-state index in [1.54, 1.807) is 23.8 Å². The molecule has 1 saturated heterocycles. The number of fused-ring (bicyclic) bond motifs is 1. The number of carbonyl (C=O) groups excluding carboxylic acids is 2. The second-order valence-electron chi connectivity index (χ2n) is 9.34. The van der Waals surface area contributed by atoms with Crippen molar-refractivity contribution in [2.75, 3.05) is 30.4 Å². The SMILES string of the molecule is COc1ccc2c(c1)c(=O)c(C(=O)Nc1ccc(N3CCCCC3)cc1)cn2CCCCCC(=O)NO. The van der Waals surface area contributed by atoms with E-state index in [0.29, 0.717) is 35.3 Å². The second-order valence-corrected chi connectivity index (χ2v) is 9.34. The number of ether oxygens (including phenoxy) is 1. The molecule has 9 nitrogen and oxygen atoms in total. The zero-order valence-corrected chi connectivity index (χ0v) is 21.2. The summed E-state index contributed by atoms with van der Waals surface area (Å²) in [4.78, 5) is 40.1. The highest BCUT2D eigenvalue weighted by atomic mass is 16.5. The molecule has 2 amide bonds. The standard InChI is InChI=1S/C28H34N4O5/c1-37-22-13-14-25-23(18-22)27(34)24(19-32(25)17-5-2-4-8-26(33)30-36)28(35)29-20-9-11-21(12-10-20)31-15-6-3-7-16-31/h9-14,18-19,36H,2-8,15-17H2,1H3,(H,29,35)(H,30,33). The normalized spacial score (nSPS) is 13.4. The molecule has 0 spiro atoms. The summed E-state index contributed by atoms with van der Waals surface area (Å²) in [6.45, 7) is 2.65. The van der Waals surface area contributed by atoms with E-state index < -0.39 is 11.8 Å². The minimum Gasteiger partial charge on any atom is -0.497 e. The van der Waals surface area contributed by atoms with Crippen molar-refractivity contribution >= 4 is 34.1 Å². The molecule has 4 rings (SSSR count). The predicted molar refractivity (Wildman–Crippen MR) is 144 cm³/mol. The molecule has 0 saturated carbocycles. The number of hydrogen-bond acceptors (Lipinski definition) is 6. The number of carbonyl (C=O) groups is 2. The third-order valence-electron chi connectivity index (χ3n) is 6.81. The summed E-state index contributed by atoms with van der Waals surface area (Å²) in [5.41, 5.74) is 3.81. The van der Waals surface area contributed by atoms with Gasteiger partial charge in [0, 0.05) is 43.6 Å². The summed E-state index contributed by atoms with van der Waals surface area (Å²) in [5.74, 6) is -0.338. The summed E-state index contributed by atoms with van der Waals surface area (Å²) >= 11 is 0. The maximum Gasteiger partial charge on any atom is 0.261 e. The molecule has 0 aliphatic carbocycles. The Morgan fingerprint density at radius 1 is 1.00 bits per heavy atom. The van der Waals surface area contributed by atoms with Gasteiger partial charge in [-0.1, -0.05) is 6.42 Å². The lowest BCUT2D eigenvalue weighted by molar-refractivity contribution is -0.129. The first-order chi connectivity index (χ1) is 18.0. The van der Waals surface area contributed by atoms with Crippen LogP contribution in [0.2, 0.25) is 0 Å². The van der Waals surface area contributed by atoms with Crippen molar-refractivity contribution < 1.29 is 19.5 Å². The number of methoxy groups -OCH3 is 1. The van der Waals surface area contributed by atoms with Crippen LogP contribution in [0.4, 0.5) is 11.4 Å². The van der Waals surface area contributed by atoms with Gasteiger partial charge in [0.2, 0.25) is 11.3 Å². The molecule has 1 aliphatic rings. The number of nitrogens with one attached hydrogen (secondary N) is 2. The zero-order valence-electron chi connectivity index (χ0n) is 21.2. The van der Waals surface area contributed by atoms with Crippen molar-refractivity contribution in [1.29, 1.82) is 0 Å². The number of unbranched alkanes of at least 4 members (excludes halogenated alkanes) is 2. The maximum absolute atomic E-state index is 13.3. The molecule has 9 heteroatoms. The van der Waals surface area contributed by atoms with Crippen LogP contribution in [-0.2, 0) is 11.3 Å². The molecule has 2 aromatic carbocycles. The molecule has 2 heterocycles. The molecule has 3 aromatic rings. The monoisotopic (exact) mass is 506 g/mol. The zero-order chi connectivity index (χ0) is 26.2. The topological polar surface area (TPSA) is 113 Å². The molecule has 3 N–H and O–H groups in total. The lowest BCUT2D eigenvalue weighted by Gasteiger charge is -2.28. The number of pyridine rings is 1. The van der Waals surface area contributed by atoms with Gasteiger partial charge in [-0.2, -0.15) is 0 Å². The van der Waals surface area contributed by atoms with E-state index in [4.69, 9.17) is 9.94 Å². The van der Waals surface area contributed by atoms with Crippen LogP contribution in [0, 0.1) is 0 Å². The first-order valence-electron chi connectivity index (χ1n) is 12.8.